The highest BCUT2D eigenvalue weighted by Crippen LogP contribution is 2.38. The Balaban J connectivity index is 3.71. The number of aliphatic hydroxyl groups is 1. The molecule has 0 saturated heterocycles. The van der Waals surface area contributed by atoms with Gasteiger partial charge in [0.05, 0.1) is 17.1 Å². The standard InChI is InChI=1S/C8H7NO7/c10-2-3-1-4(11)7(12)5(8(13)14)6(3)9(15)16/h1,10-12H,2H2,(H,13,14). The average Bonchev–Trinajstić information content (AvgIpc) is 2.19. The maximum atomic E-state index is 10.7. The zero-order valence-corrected chi connectivity index (χ0v) is 7.75. The molecule has 1 aromatic rings. The lowest BCUT2D eigenvalue weighted by atomic mass is 10.1. The number of carboxylic acids is 1. The van der Waals surface area contributed by atoms with E-state index in [1.807, 2.05) is 0 Å². The lowest BCUT2D eigenvalue weighted by Gasteiger charge is -2.06. The molecule has 0 atom stereocenters. The summed E-state index contributed by atoms with van der Waals surface area (Å²) < 4.78 is 0. The fourth-order valence-corrected chi connectivity index (χ4v) is 1.23. The van der Waals surface area contributed by atoms with E-state index in [-0.39, 0.29) is 0 Å². The minimum absolute atomic E-state index is 0.391. The van der Waals surface area contributed by atoms with Gasteiger partial charge in [-0.15, -0.1) is 0 Å². The molecule has 0 bridgehead atoms. The molecule has 0 saturated carbocycles. The first-order valence-electron chi connectivity index (χ1n) is 3.96. The predicted molar refractivity (Wildman–Crippen MR) is 49.3 cm³/mol. The van der Waals surface area contributed by atoms with E-state index in [1.54, 1.807) is 0 Å². The molecule has 0 radical (unpaired) electrons. The average molecular weight is 229 g/mol. The molecule has 0 aliphatic rings. The Bertz CT molecular complexity index is 468. The van der Waals surface area contributed by atoms with Crippen LogP contribution in [0, 0.1) is 10.1 Å². The molecule has 0 spiro atoms. The Morgan fingerprint density at radius 1 is 1.44 bits per heavy atom. The quantitative estimate of drug-likeness (QED) is 0.329. The van der Waals surface area contributed by atoms with Gasteiger partial charge in [0.1, 0.15) is 0 Å². The van der Waals surface area contributed by atoms with Crippen molar-refractivity contribution in [2.45, 2.75) is 6.61 Å². The summed E-state index contributed by atoms with van der Waals surface area (Å²) in [6, 6.07) is 0.736. The van der Waals surface area contributed by atoms with E-state index in [0.29, 0.717) is 0 Å². The maximum absolute atomic E-state index is 10.7. The van der Waals surface area contributed by atoms with Crippen molar-refractivity contribution in [3.05, 3.63) is 27.3 Å². The second-order valence-corrected chi connectivity index (χ2v) is 2.85. The van der Waals surface area contributed by atoms with Crippen LogP contribution in [0.4, 0.5) is 5.69 Å². The zero-order valence-electron chi connectivity index (χ0n) is 7.75. The molecule has 0 amide bonds. The van der Waals surface area contributed by atoms with Gasteiger partial charge in [-0.2, -0.15) is 0 Å². The number of aliphatic hydroxyl groups excluding tert-OH is 1. The maximum Gasteiger partial charge on any atom is 0.346 e. The number of phenols is 2. The van der Waals surface area contributed by atoms with Crippen molar-refractivity contribution in [1.29, 1.82) is 0 Å². The van der Waals surface area contributed by atoms with Crippen LogP contribution < -0.4 is 0 Å². The Labute approximate surface area is 88.2 Å². The summed E-state index contributed by atoms with van der Waals surface area (Å²) in [5.74, 6) is -3.71. The third-order valence-electron chi connectivity index (χ3n) is 1.90. The van der Waals surface area contributed by atoms with Crippen LogP contribution in [-0.2, 0) is 6.61 Å². The van der Waals surface area contributed by atoms with E-state index < -0.39 is 45.8 Å². The summed E-state index contributed by atoms with van der Waals surface area (Å²) in [5, 5.41) is 46.4. The molecule has 0 aliphatic carbocycles. The van der Waals surface area contributed by atoms with Crippen molar-refractivity contribution in [2.24, 2.45) is 0 Å². The first kappa shape index (κ1) is 11.7. The van der Waals surface area contributed by atoms with Gasteiger partial charge in [0.2, 0.25) is 0 Å². The van der Waals surface area contributed by atoms with E-state index >= 15 is 0 Å². The highest BCUT2D eigenvalue weighted by molar-refractivity contribution is 5.97. The summed E-state index contributed by atoms with van der Waals surface area (Å²) in [4.78, 5) is 20.3. The normalized spacial score (nSPS) is 10.1. The van der Waals surface area contributed by atoms with Gasteiger partial charge in [-0.25, -0.2) is 4.79 Å². The molecule has 86 valence electrons. The van der Waals surface area contributed by atoms with Crippen molar-refractivity contribution in [3.8, 4) is 11.5 Å². The number of carbonyl (C=O) groups is 1. The summed E-state index contributed by atoms with van der Waals surface area (Å²) >= 11 is 0. The molecular formula is C8H7NO7. The number of benzene rings is 1. The number of phenolic OH excluding ortho intramolecular Hbond substituents is 1. The fourth-order valence-electron chi connectivity index (χ4n) is 1.23. The number of carboxylic acid groups (broad SMARTS) is 1. The van der Waals surface area contributed by atoms with E-state index in [0.717, 1.165) is 6.07 Å². The van der Waals surface area contributed by atoms with E-state index in [4.69, 9.17) is 15.3 Å². The molecule has 16 heavy (non-hydrogen) atoms. The number of nitro benzene ring substituents is 1. The zero-order chi connectivity index (χ0) is 12.5. The lowest BCUT2D eigenvalue weighted by molar-refractivity contribution is -0.386. The number of aromatic carboxylic acids is 1. The van der Waals surface area contributed by atoms with E-state index in [1.165, 1.54) is 0 Å². The number of aromatic hydroxyl groups is 2. The molecule has 0 aliphatic heterocycles. The number of hydrogen-bond donors (Lipinski definition) is 4. The highest BCUT2D eigenvalue weighted by atomic mass is 16.6. The van der Waals surface area contributed by atoms with Gasteiger partial charge < -0.3 is 20.4 Å². The SMILES string of the molecule is O=C(O)c1c(O)c(O)cc(CO)c1[N+](=O)[O-]. The van der Waals surface area contributed by atoms with Crippen molar-refractivity contribution in [2.75, 3.05) is 0 Å². The molecule has 0 heterocycles. The van der Waals surface area contributed by atoms with Crippen molar-refractivity contribution < 1.29 is 30.1 Å². The molecule has 1 rings (SSSR count). The summed E-state index contributed by atoms with van der Waals surface area (Å²) in [5.41, 5.74) is -2.38. The van der Waals surface area contributed by atoms with Crippen LogP contribution in [0.3, 0.4) is 0 Å². The second kappa shape index (κ2) is 4.03. The van der Waals surface area contributed by atoms with Gasteiger partial charge in [-0.3, -0.25) is 10.1 Å². The van der Waals surface area contributed by atoms with Gasteiger partial charge in [-0.1, -0.05) is 0 Å². The van der Waals surface area contributed by atoms with E-state index in [2.05, 4.69) is 0 Å². The fraction of sp³-hybridized carbons (Fsp3) is 0.125. The third kappa shape index (κ3) is 1.73. The summed E-state index contributed by atoms with van der Waals surface area (Å²) in [7, 11) is 0. The van der Waals surface area contributed by atoms with Crippen LogP contribution in [0.1, 0.15) is 15.9 Å². The molecule has 8 heteroatoms. The molecule has 4 N–H and O–H groups in total. The lowest BCUT2D eigenvalue weighted by Crippen LogP contribution is -2.06. The summed E-state index contributed by atoms with van der Waals surface area (Å²) in [6.45, 7) is -0.829. The first-order valence-corrected chi connectivity index (χ1v) is 3.96. The molecule has 0 aromatic heterocycles. The Morgan fingerprint density at radius 3 is 2.38 bits per heavy atom. The number of nitrogens with zero attached hydrogens (tertiary/aromatic N) is 1. The largest absolute Gasteiger partial charge is 0.504 e. The van der Waals surface area contributed by atoms with Crippen molar-refractivity contribution >= 4 is 11.7 Å². The number of nitro groups is 1. The Hall–Kier alpha value is -2.35. The van der Waals surface area contributed by atoms with Gasteiger partial charge in [-0.05, 0) is 6.07 Å². The van der Waals surface area contributed by atoms with Crippen molar-refractivity contribution in [1.82, 2.24) is 0 Å². The third-order valence-corrected chi connectivity index (χ3v) is 1.90. The number of hydrogen-bond acceptors (Lipinski definition) is 6. The van der Waals surface area contributed by atoms with Crippen LogP contribution in [0.15, 0.2) is 6.07 Å². The minimum atomic E-state index is -1.77. The predicted octanol–water partition coefficient (Wildman–Crippen LogP) is 0.196. The second-order valence-electron chi connectivity index (χ2n) is 2.85. The topological polar surface area (TPSA) is 141 Å². The van der Waals surface area contributed by atoms with Gasteiger partial charge in [0.15, 0.2) is 17.1 Å². The van der Waals surface area contributed by atoms with Gasteiger partial charge >= 0.3 is 5.97 Å². The van der Waals surface area contributed by atoms with E-state index in [9.17, 15) is 20.0 Å². The minimum Gasteiger partial charge on any atom is -0.504 e. The summed E-state index contributed by atoms with van der Waals surface area (Å²) in [6.07, 6.45) is 0. The highest BCUT2D eigenvalue weighted by Gasteiger charge is 2.30. The number of rotatable bonds is 3. The van der Waals surface area contributed by atoms with Crippen molar-refractivity contribution in [3.63, 3.8) is 0 Å². The molecule has 1 aromatic carbocycles. The van der Waals surface area contributed by atoms with Crippen LogP contribution >= 0.6 is 0 Å². The Morgan fingerprint density at radius 2 is 2.00 bits per heavy atom. The molecule has 8 nitrogen and oxygen atoms in total. The van der Waals surface area contributed by atoms with Gasteiger partial charge in [0.25, 0.3) is 5.69 Å². The van der Waals surface area contributed by atoms with Crippen LogP contribution in [0.2, 0.25) is 0 Å². The smallest absolute Gasteiger partial charge is 0.346 e. The monoisotopic (exact) mass is 229 g/mol. The first-order chi connectivity index (χ1) is 7.40. The molecular weight excluding hydrogens is 222 g/mol. The van der Waals surface area contributed by atoms with Crippen LogP contribution in [0.25, 0.3) is 0 Å². The Kier molecular flexibility index (Phi) is 2.95. The van der Waals surface area contributed by atoms with Crippen LogP contribution in [0.5, 0.6) is 11.5 Å². The molecule has 0 unspecified atom stereocenters. The molecule has 0 fully saturated rings. The van der Waals surface area contributed by atoms with Gasteiger partial charge in [0, 0.05) is 0 Å². The van der Waals surface area contributed by atoms with Crippen LogP contribution in [-0.4, -0.2) is 31.3 Å².